The minimum absolute atomic E-state index is 0.271. The monoisotopic (exact) mass is 212 g/mol. The van der Waals surface area contributed by atoms with Gasteiger partial charge in [-0.1, -0.05) is 0 Å². The molecule has 0 aliphatic heterocycles. The maximum absolute atomic E-state index is 11.5. The second kappa shape index (κ2) is 5.22. The van der Waals surface area contributed by atoms with Gasteiger partial charge < -0.3 is 4.90 Å². The molecule has 1 heterocycles. The van der Waals surface area contributed by atoms with Crippen LogP contribution in [0, 0.1) is 6.92 Å². The van der Waals surface area contributed by atoms with Crippen molar-refractivity contribution in [2.24, 2.45) is 0 Å². The quantitative estimate of drug-likeness (QED) is 0.742. The predicted octanol–water partition coefficient (Wildman–Crippen LogP) is 1.51. The Morgan fingerprint density at radius 3 is 2.79 bits per heavy atom. The minimum Gasteiger partial charge on any atom is -0.309 e. The molecule has 14 heavy (non-hydrogen) atoms. The number of hydrogen-bond acceptors (Lipinski definition) is 4. The van der Waals surface area contributed by atoms with E-state index in [1.54, 1.807) is 11.3 Å². The fraction of sp³-hybridized carbons (Fsp3) is 0.600. The summed E-state index contributed by atoms with van der Waals surface area (Å²) in [6.45, 7) is 2.77. The number of rotatable bonds is 5. The van der Waals surface area contributed by atoms with Gasteiger partial charge in [0.25, 0.3) is 0 Å². The summed E-state index contributed by atoms with van der Waals surface area (Å²) in [4.78, 5) is 17.7. The van der Waals surface area contributed by atoms with E-state index in [4.69, 9.17) is 0 Å². The molecule has 0 saturated heterocycles. The van der Waals surface area contributed by atoms with Crippen LogP contribution in [0.1, 0.15) is 17.1 Å². The number of carbonyl (C=O) groups is 1. The van der Waals surface area contributed by atoms with Crippen molar-refractivity contribution in [3.63, 3.8) is 0 Å². The Balaban J connectivity index is 2.34. The standard InChI is InChI=1S/C10H16N2OS/c1-8-7-14-10(11-8)6-9(13)4-5-12(2)3/h7H,4-6H2,1-3H3. The van der Waals surface area contributed by atoms with Gasteiger partial charge in [0.15, 0.2) is 0 Å². The van der Waals surface area contributed by atoms with Gasteiger partial charge in [-0.05, 0) is 21.0 Å². The van der Waals surface area contributed by atoms with E-state index in [9.17, 15) is 4.79 Å². The summed E-state index contributed by atoms with van der Waals surface area (Å²) >= 11 is 1.57. The van der Waals surface area contributed by atoms with Gasteiger partial charge in [0.05, 0.1) is 6.42 Å². The van der Waals surface area contributed by atoms with Gasteiger partial charge in [-0.3, -0.25) is 4.79 Å². The van der Waals surface area contributed by atoms with Crippen LogP contribution in [0.5, 0.6) is 0 Å². The number of nitrogens with zero attached hydrogens (tertiary/aromatic N) is 2. The Hall–Kier alpha value is -0.740. The van der Waals surface area contributed by atoms with Gasteiger partial charge in [-0.2, -0.15) is 0 Å². The van der Waals surface area contributed by atoms with E-state index in [1.807, 2.05) is 31.3 Å². The first-order valence-electron chi connectivity index (χ1n) is 4.65. The van der Waals surface area contributed by atoms with Crippen LogP contribution < -0.4 is 0 Å². The molecular formula is C10H16N2OS. The molecule has 3 nitrogen and oxygen atoms in total. The molecule has 1 aromatic rings. The van der Waals surface area contributed by atoms with Crippen LogP contribution in [-0.2, 0) is 11.2 Å². The third kappa shape index (κ3) is 3.98. The van der Waals surface area contributed by atoms with Gasteiger partial charge in [-0.15, -0.1) is 11.3 Å². The van der Waals surface area contributed by atoms with E-state index in [-0.39, 0.29) is 5.78 Å². The normalized spacial score (nSPS) is 10.9. The Morgan fingerprint density at radius 1 is 1.57 bits per heavy atom. The fourth-order valence-electron chi connectivity index (χ4n) is 1.09. The first-order chi connectivity index (χ1) is 6.58. The highest BCUT2D eigenvalue weighted by atomic mass is 32.1. The summed E-state index contributed by atoms with van der Waals surface area (Å²) in [5.74, 6) is 0.271. The second-order valence-electron chi connectivity index (χ2n) is 3.65. The average molecular weight is 212 g/mol. The zero-order valence-corrected chi connectivity index (χ0v) is 9.73. The predicted molar refractivity (Wildman–Crippen MR) is 58.7 cm³/mol. The topological polar surface area (TPSA) is 33.2 Å². The van der Waals surface area contributed by atoms with Crippen LogP contribution in [0.15, 0.2) is 5.38 Å². The maximum atomic E-state index is 11.5. The largest absolute Gasteiger partial charge is 0.309 e. The van der Waals surface area contributed by atoms with Gasteiger partial charge in [-0.25, -0.2) is 4.98 Å². The van der Waals surface area contributed by atoms with E-state index in [0.717, 1.165) is 17.2 Å². The summed E-state index contributed by atoms with van der Waals surface area (Å²) < 4.78 is 0. The van der Waals surface area contributed by atoms with Crippen molar-refractivity contribution in [2.45, 2.75) is 19.8 Å². The van der Waals surface area contributed by atoms with Gasteiger partial charge in [0, 0.05) is 24.0 Å². The fourth-order valence-corrected chi connectivity index (χ4v) is 1.89. The molecule has 0 fully saturated rings. The highest BCUT2D eigenvalue weighted by Crippen LogP contribution is 2.10. The van der Waals surface area contributed by atoms with E-state index >= 15 is 0 Å². The van der Waals surface area contributed by atoms with Crippen LogP contribution in [0.3, 0.4) is 0 Å². The lowest BCUT2D eigenvalue weighted by atomic mass is 10.2. The number of aryl methyl sites for hydroxylation is 1. The van der Waals surface area contributed by atoms with E-state index in [0.29, 0.717) is 12.8 Å². The lowest BCUT2D eigenvalue weighted by molar-refractivity contribution is -0.118. The lowest BCUT2D eigenvalue weighted by Crippen LogP contribution is -2.17. The average Bonchev–Trinajstić information content (AvgIpc) is 2.48. The Kier molecular flexibility index (Phi) is 4.22. The molecule has 1 rings (SSSR count). The number of ketones is 1. The second-order valence-corrected chi connectivity index (χ2v) is 4.59. The van der Waals surface area contributed by atoms with Crippen molar-refractivity contribution in [3.05, 3.63) is 16.1 Å². The molecule has 0 radical (unpaired) electrons. The van der Waals surface area contributed by atoms with E-state index in [2.05, 4.69) is 4.98 Å². The Bertz CT molecular complexity index is 307. The van der Waals surface area contributed by atoms with Crippen molar-refractivity contribution in [1.29, 1.82) is 0 Å². The van der Waals surface area contributed by atoms with Crippen LogP contribution in [-0.4, -0.2) is 36.3 Å². The number of aromatic nitrogens is 1. The molecule has 0 spiro atoms. The van der Waals surface area contributed by atoms with Crippen molar-refractivity contribution >= 4 is 17.1 Å². The molecule has 0 atom stereocenters. The van der Waals surface area contributed by atoms with Gasteiger partial charge in [0.1, 0.15) is 10.8 Å². The molecule has 0 aromatic carbocycles. The summed E-state index contributed by atoms with van der Waals surface area (Å²) in [5.41, 5.74) is 1.01. The number of carbonyl (C=O) groups excluding carboxylic acids is 1. The number of thiazole rings is 1. The third-order valence-electron chi connectivity index (χ3n) is 1.85. The van der Waals surface area contributed by atoms with E-state index < -0.39 is 0 Å². The first-order valence-corrected chi connectivity index (χ1v) is 5.53. The smallest absolute Gasteiger partial charge is 0.140 e. The highest BCUT2D eigenvalue weighted by molar-refractivity contribution is 7.09. The zero-order chi connectivity index (χ0) is 10.6. The third-order valence-corrected chi connectivity index (χ3v) is 2.82. The minimum atomic E-state index is 0.271. The lowest BCUT2D eigenvalue weighted by Gasteiger charge is -2.07. The molecule has 0 N–H and O–H groups in total. The number of hydrogen-bond donors (Lipinski definition) is 0. The molecular weight excluding hydrogens is 196 g/mol. The maximum Gasteiger partial charge on any atom is 0.140 e. The molecule has 0 aliphatic rings. The molecule has 0 bridgehead atoms. The van der Waals surface area contributed by atoms with Crippen molar-refractivity contribution < 1.29 is 4.79 Å². The molecule has 0 aliphatic carbocycles. The van der Waals surface area contributed by atoms with Crippen molar-refractivity contribution in [1.82, 2.24) is 9.88 Å². The van der Waals surface area contributed by atoms with Crippen LogP contribution in [0.4, 0.5) is 0 Å². The summed E-state index contributed by atoms with van der Waals surface area (Å²) in [5, 5.41) is 2.92. The summed E-state index contributed by atoms with van der Waals surface area (Å²) in [6, 6.07) is 0. The summed E-state index contributed by atoms with van der Waals surface area (Å²) in [7, 11) is 3.95. The number of Topliss-reactive ketones (excluding diaryl/α,β-unsaturated/α-hetero) is 1. The Morgan fingerprint density at radius 2 is 2.29 bits per heavy atom. The Labute approximate surface area is 88.8 Å². The van der Waals surface area contributed by atoms with Crippen LogP contribution >= 0.6 is 11.3 Å². The summed E-state index contributed by atoms with van der Waals surface area (Å²) in [6.07, 6.45) is 1.11. The van der Waals surface area contributed by atoms with Gasteiger partial charge >= 0.3 is 0 Å². The molecule has 78 valence electrons. The SMILES string of the molecule is Cc1csc(CC(=O)CCN(C)C)n1. The van der Waals surface area contributed by atoms with Crippen molar-refractivity contribution in [3.8, 4) is 0 Å². The molecule has 0 amide bonds. The van der Waals surface area contributed by atoms with Crippen molar-refractivity contribution in [2.75, 3.05) is 20.6 Å². The van der Waals surface area contributed by atoms with Crippen LogP contribution in [0.25, 0.3) is 0 Å². The van der Waals surface area contributed by atoms with E-state index in [1.165, 1.54) is 0 Å². The highest BCUT2D eigenvalue weighted by Gasteiger charge is 2.06. The molecule has 1 aromatic heterocycles. The molecule has 0 saturated carbocycles. The molecule has 0 unspecified atom stereocenters. The van der Waals surface area contributed by atoms with Gasteiger partial charge in [0.2, 0.25) is 0 Å². The van der Waals surface area contributed by atoms with Crippen LogP contribution in [0.2, 0.25) is 0 Å². The molecule has 4 heteroatoms. The zero-order valence-electron chi connectivity index (χ0n) is 8.91. The first kappa shape index (κ1) is 11.3.